The van der Waals surface area contributed by atoms with Gasteiger partial charge in [0.25, 0.3) is 0 Å². The van der Waals surface area contributed by atoms with E-state index >= 15 is 0 Å². The van der Waals surface area contributed by atoms with Crippen LogP contribution in [0.2, 0.25) is 0 Å². The maximum Gasteiger partial charge on any atom is 0.170 e. The Hall–Kier alpha value is -1.43. The van der Waals surface area contributed by atoms with Crippen molar-refractivity contribution in [3.8, 4) is 5.75 Å². The molecule has 1 atom stereocenters. The van der Waals surface area contributed by atoms with Crippen molar-refractivity contribution < 1.29 is 9.13 Å². The minimum atomic E-state index is -0.381. The standard InChI is InChI=1S/C13H15FN2OS/c1-8-6-18-7-10(8)13(16-15)9-4-3-5-11(17-2)12(9)14/h3-7,13,16H,15H2,1-2H3. The Bertz CT molecular complexity index is 542. The number of hydrazine groups is 1. The Labute approximate surface area is 109 Å². The van der Waals surface area contributed by atoms with E-state index in [2.05, 4.69) is 5.43 Å². The summed E-state index contributed by atoms with van der Waals surface area (Å²) in [6.45, 7) is 1.98. The van der Waals surface area contributed by atoms with E-state index in [0.29, 0.717) is 5.56 Å². The van der Waals surface area contributed by atoms with Gasteiger partial charge in [-0.15, -0.1) is 0 Å². The van der Waals surface area contributed by atoms with Crippen LogP contribution in [0.3, 0.4) is 0 Å². The van der Waals surface area contributed by atoms with Gasteiger partial charge in [0, 0.05) is 5.56 Å². The summed E-state index contributed by atoms with van der Waals surface area (Å²) in [4.78, 5) is 0. The first-order chi connectivity index (χ1) is 8.69. The van der Waals surface area contributed by atoms with Crippen molar-refractivity contribution in [3.63, 3.8) is 0 Å². The molecule has 18 heavy (non-hydrogen) atoms. The molecule has 0 radical (unpaired) electrons. The number of nitrogens with two attached hydrogens (primary N) is 1. The number of halogens is 1. The number of benzene rings is 1. The average molecular weight is 266 g/mol. The summed E-state index contributed by atoms with van der Waals surface area (Å²) in [5.74, 6) is 5.41. The Morgan fingerprint density at radius 1 is 1.33 bits per heavy atom. The molecular weight excluding hydrogens is 251 g/mol. The summed E-state index contributed by atoms with van der Waals surface area (Å²) >= 11 is 1.57. The van der Waals surface area contributed by atoms with E-state index < -0.39 is 0 Å². The highest BCUT2D eigenvalue weighted by Gasteiger charge is 2.20. The maximum atomic E-state index is 14.2. The molecule has 0 fully saturated rings. The lowest BCUT2D eigenvalue weighted by Crippen LogP contribution is -2.29. The summed E-state index contributed by atoms with van der Waals surface area (Å²) in [5, 5.41) is 3.98. The van der Waals surface area contributed by atoms with Gasteiger partial charge in [0.1, 0.15) is 0 Å². The van der Waals surface area contributed by atoms with Crippen LogP contribution in [0.25, 0.3) is 0 Å². The van der Waals surface area contributed by atoms with Gasteiger partial charge in [-0.3, -0.25) is 5.84 Å². The molecule has 1 aromatic carbocycles. The second-order valence-electron chi connectivity index (χ2n) is 3.97. The zero-order valence-electron chi connectivity index (χ0n) is 10.2. The fourth-order valence-corrected chi connectivity index (χ4v) is 2.80. The monoisotopic (exact) mass is 266 g/mol. The third kappa shape index (κ3) is 2.25. The molecule has 0 bridgehead atoms. The first-order valence-electron chi connectivity index (χ1n) is 5.50. The van der Waals surface area contributed by atoms with Crippen LogP contribution in [0, 0.1) is 12.7 Å². The Kier molecular flexibility index (Phi) is 3.96. The molecule has 96 valence electrons. The molecule has 0 amide bonds. The van der Waals surface area contributed by atoms with Gasteiger partial charge in [-0.2, -0.15) is 11.3 Å². The molecule has 5 heteroatoms. The number of hydrogen-bond acceptors (Lipinski definition) is 4. The van der Waals surface area contributed by atoms with E-state index in [1.165, 1.54) is 7.11 Å². The molecule has 0 aliphatic heterocycles. The topological polar surface area (TPSA) is 47.3 Å². The van der Waals surface area contributed by atoms with E-state index in [0.717, 1.165) is 11.1 Å². The normalized spacial score (nSPS) is 12.4. The highest BCUT2D eigenvalue weighted by atomic mass is 32.1. The highest BCUT2D eigenvalue weighted by Crippen LogP contribution is 2.31. The Morgan fingerprint density at radius 3 is 2.67 bits per heavy atom. The summed E-state index contributed by atoms with van der Waals surface area (Å²) < 4.78 is 19.2. The number of aryl methyl sites for hydroxylation is 1. The third-order valence-electron chi connectivity index (χ3n) is 2.90. The van der Waals surface area contributed by atoms with Crippen LogP contribution in [0.5, 0.6) is 5.75 Å². The van der Waals surface area contributed by atoms with Crippen LogP contribution in [0.15, 0.2) is 29.0 Å². The van der Waals surface area contributed by atoms with Crippen molar-refractivity contribution in [2.45, 2.75) is 13.0 Å². The smallest absolute Gasteiger partial charge is 0.170 e. The van der Waals surface area contributed by atoms with Crippen LogP contribution >= 0.6 is 11.3 Å². The fraction of sp³-hybridized carbons (Fsp3) is 0.231. The largest absolute Gasteiger partial charge is 0.494 e. The molecule has 0 saturated heterocycles. The molecule has 1 unspecified atom stereocenters. The minimum absolute atomic E-state index is 0.223. The van der Waals surface area contributed by atoms with Crippen molar-refractivity contribution in [1.29, 1.82) is 0 Å². The predicted octanol–water partition coefficient (Wildman–Crippen LogP) is 2.76. The number of methoxy groups -OCH3 is 1. The van der Waals surface area contributed by atoms with Crippen molar-refractivity contribution >= 4 is 11.3 Å². The molecule has 3 N–H and O–H groups in total. The van der Waals surface area contributed by atoms with Crippen molar-refractivity contribution in [1.82, 2.24) is 5.43 Å². The van der Waals surface area contributed by atoms with Crippen LogP contribution < -0.4 is 16.0 Å². The van der Waals surface area contributed by atoms with Gasteiger partial charge in [-0.25, -0.2) is 9.82 Å². The van der Waals surface area contributed by atoms with Gasteiger partial charge < -0.3 is 4.74 Å². The zero-order chi connectivity index (χ0) is 13.1. The van der Waals surface area contributed by atoms with E-state index in [4.69, 9.17) is 10.6 Å². The van der Waals surface area contributed by atoms with Gasteiger partial charge in [0.15, 0.2) is 11.6 Å². The number of hydrogen-bond donors (Lipinski definition) is 2. The molecule has 2 rings (SSSR count). The van der Waals surface area contributed by atoms with Gasteiger partial charge >= 0.3 is 0 Å². The lowest BCUT2D eigenvalue weighted by Gasteiger charge is -2.18. The van der Waals surface area contributed by atoms with Crippen LogP contribution in [-0.2, 0) is 0 Å². The SMILES string of the molecule is COc1cccc(C(NN)c2cscc2C)c1F. The average Bonchev–Trinajstić information content (AvgIpc) is 2.79. The quantitative estimate of drug-likeness (QED) is 0.661. The molecule has 0 spiro atoms. The second kappa shape index (κ2) is 5.48. The summed E-state index contributed by atoms with van der Waals surface area (Å²) in [7, 11) is 1.45. The maximum absolute atomic E-state index is 14.2. The Balaban J connectivity index is 2.49. The van der Waals surface area contributed by atoms with Crippen molar-refractivity contribution in [2.24, 2.45) is 5.84 Å². The van der Waals surface area contributed by atoms with E-state index in [1.54, 1.807) is 29.5 Å². The van der Waals surface area contributed by atoms with E-state index in [1.807, 2.05) is 17.7 Å². The first kappa shape index (κ1) is 13.0. The minimum Gasteiger partial charge on any atom is -0.494 e. The molecule has 1 aromatic heterocycles. The number of thiophene rings is 1. The van der Waals surface area contributed by atoms with Crippen LogP contribution in [0.1, 0.15) is 22.7 Å². The molecule has 0 aliphatic carbocycles. The molecule has 0 saturated carbocycles. The highest BCUT2D eigenvalue weighted by molar-refractivity contribution is 7.08. The van der Waals surface area contributed by atoms with E-state index in [9.17, 15) is 4.39 Å². The zero-order valence-corrected chi connectivity index (χ0v) is 11.1. The predicted molar refractivity (Wildman–Crippen MR) is 71.2 cm³/mol. The van der Waals surface area contributed by atoms with Crippen LogP contribution in [0.4, 0.5) is 4.39 Å². The van der Waals surface area contributed by atoms with Crippen molar-refractivity contribution in [2.75, 3.05) is 7.11 Å². The van der Waals surface area contributed by atoms with Gasteiger partial charge in [-0.05, 0) is 34.9 Å². The molecule has 1 heterocycles. The molecule has 0 aliphatic rings. The summed E-state index contributed by atoms with van der Waals surface area (Å²) in [6, 6.07) is 4.68. The van der Waals surface area contributed by atoms with Gasteiger partial charge in [-0.1, -0.05) is 12.1 Å². The Morgan fingerprint density at radius 2 is 2.11 bits per heavy atom. The number of nitrogens with one attached hydrogen (secondary N) is 1. The number of rotatable bonds is 4. The number of ether oxygens (including phenoxy) is 1. The lowest BCUT2D eigenvalue weighted by atomic mass is 9.98. The molecule has 2 aromatic rings. The van der Waals surface area contributed by atoms with Gasteiger partial charge in [0.05, 0.1) is 13.2 Å². The van der Waals surface area contributed by atoms with Crippen molar-refractivity contribution in [3.05, 3.63) is 51.5 Å². The third-order valence-corrected chi connectivity index (χ3v) is 3.78. The molecular formula is C13H15FN2OS. The van der Waals surface area contributed by atoms with Gasteiger partial charge in [0.2, 0.25) is 0 Å². The fourth-order valence-electron chi connectivity index (χ4n) is 1.92. The second-order valence-corrected chi connectivity index (χ2v) is 4.72. The van der Waals surface area contributed by atoms with Crippen LogP contribution in [-0.4, -0.2) is 7.11 Å². The summed E-state index contributed by atoms with van der Waals surface area (Å²) in [5.41, 5.74) is 5.22. The molecule has 3 nitrogen and oxygen atoms in total. The first-order valence-corrected chi connectivity index (χ1v) is 6.44. The summed E-state index contributed by atoms with van der Waals surface area (Å²) in [6.07, 6.45) is 0. The lowest BCUT2D eigenvalue weighted by molar-refractivity contribution is 0.381. The van der Waals surface area contributed by atoms with E-state index in [-0.39, 0.29) is 17.6 Å².